The smallest absolute Gasteiger partial charge is 0.253 e. The second-order valence-corrected chi connectivity index (χ2v) is 7.29. The van der Waals surface area contributed by atoms with Gasteiger partial charge in [0, 0.05) is 37.4 Å². The fraction of sp³-hybridized carbons (Fsp3) is 0.435. The van der Waals surface area contributed by atoms with Crippen molar-refractivity contribution >= 4 is 11.6 Å². The average Bonchev–Trinajstić information content (AvgIpc) is 2.79. The molecule has 0 bridgehead atoms. The van der Waals surface area contributed by atoms with Gasteiger partial charge in [0.1, 0.15) is 0 Å². The van der Waals surface area contributed by atoms with Crippen LogP contribution in [0.15, 0.2) is 42.5 Å². The van der Waals surface area contributed by atoms with E-state index in [4.69, 9.17) is 9.47 Å². The van der Waals surface area contributed by atoms with Gasteiger partial charge in [0.05, 0.1) is 14.2 Å². The maximum Gasteiger partial charge on any atom is 0.253 e. The Morgan fingerprint density at radius 1 is 1.03 bits per heavy atom. The fourth-order valence-electron chi connectivity index (χ4n) is 3.70. The van der Waals surface area contributed by atoms with E-state index >= 15 is 0 Å². The van der Waals surface area contributed by atoms with E-state index in [9.17, 15) is 4.79 Å². The van der Waals surface area contributed by atoms with E-state index in [1.807, 2.05) is 11.9 Å². The topological polar surface area (TPSA) is 62.8 Å². The van der Waals surface area contributed by atoms with Gasteiger partial charge in [0.25, 0.3) is 5.91 Å². The molecule has 0 spiro atoms. The van der Waals surface area contributed by atoms with Gasteiger partial charge in [-0.1, -0.05) is 12.1 Å². The van der Waals surface area contributed by atoms with Gasteiger partial charge in [-0.05, 0) is 61.7 Å². The lowest BCUT2D eigenvalue weighted by molar-refractivity contribution is 0.0705. The number of anilines is 1. The average molecular weight is 398 g/mol. The molecule has 1 saturated heterocycles. The third-order valence-electron chi connectivity index (χ3n) is 5.50. The van der Waals surface area contributed by atoms with Gasteiger partial charge in [0.2, 0.25) is 0 Å². The van der Waals surface area contributed by atoms with Gasteiger partial charge in [-0.15, -0.1) is 0 Å². The molecule has 1 heterocycles. The number of benzene rings is 2. The van der Waals surface area contributed by atoms with E-state index in [0.29, 0.717) is 23.1 Å². The van der Waals surface area contributed by atoms with Crippen molar-refractivity contribution in [3.63, 3.8) is 0 Å². The summed E-state index contributed by atoms with van der Waals surface area (Å²) in [6.45, 7) is 2.48. The zero-order chi connectivity index (χ0) is 20.6. The number of piperidine rings is 1. The first-order valence-electron chi connectivity index (χ1n) is 10.2. The van der Waals surface area contributed by atoms with Crippen LogP contribution >= 0.6 is 0 Å². The van der Waals surface area contributed by atoms with Crippen LogP contribution < -0.4 is 20.1 Å². The number of methoxy groups -OCH3 is 2. The molecule has 0 radical (unpaired) electrons. The first-order valence-corrected chi connectivity index (χ1v) is 10.2. The summed E-state index contributed by atoms with van der Waals surface area (Å²) in [7, 11) is 5.10. The molecule has 0 unspecified atom stereocenters. The Hall–Kier alpha value is -2.73. The zero-order valence-electron chi connectivity index (χ0n) is 17.5. The van der Waals surface area contributed by atoms with Crippen molar-refractivity contribution in [3.05, 3.63) is 53.6 Å². The summed E-state index contributed by atoms with van der Waals surface area (Å²) in [5.41, 5.74) is 3.10. The molecule has 0 saturated carbocycles. The SMILES string of the molecule is CNc1ccc(CCNC2CCN(C(=O)c3ccc(OC)c(OC)c3)CC2)cc1. The van der Waals surface area contributed by atoms with Gasteiger partial charge >= 0.3 is 0 Å². The Bertz CT molecular complexity index is 800. The van der Waals surface area contributed by atoms with E-state index in [-0.39, 0.29) is 5.91 Å². The number of amides is 1. The van der Waals surface area contributed by atoms with Crippen LogP contribution in [0.3, 0.4) is 0 Å². The molecule has 1 aliphatic heterocycles. The Kier molecular flexibility index (Phi) is 7.36. The fourth-order valence-corrected chi connectivity index (χ4v) is 3.70. The predicted molar refractivity (Wildman–Crippen MR) is 116 cm³/mol. The minimum absolute atomic E-state index is 0.0500. The summed E-state index contributed by atoms with van der Waals surface area (Å²) < 4.78 is 10.6. The number of ether oxygens (including phenoxy) is 2. The second-order valence-electron chi connectivity index (χ2n) is 7.29. The molecule has 2 aromatic carbocycles. The molecular weight excluding hydrogens is 366 g/mol. The van der Waals surface area contributed by atoms with Gasteiger partial charge in [-0.2, -0.15) is 0 Å². The summed E-state index contributed by atoms with van der Waals surface area (Å²) >= 11 is 0. The maximum atomic E-state index is 12.8. The zero-order valence-corrected chi connectivity index (χ0v) is 17.5. The van der Waals surface area contributed by atoms with Crippen LogP contribution in [-0.2, 0) is 6.42 Å². The minimum atomic E-state index is 0.0500. The molecule has 2 N–H and O–H groups in total. The highest BCUT2D eigenvalue weighted by atomic mass is 16.5. The number of hydrogen-bond acceptors (Lipinski definition) is 5. The van der Waals surface area contributed by atoms with E-state index in [2.05, 4.69) is 34.9 Å². The van der Waals surface area contributed by atoms with E-state index < -0.39 is 0 Å². The highest BCUT2D eigenvalue weighted by molar-refractivity contribution is 5.95. The number of carbonyl (C=O) groups is 1. The molecule has 0 atom stereocenters. The normalized spacial score (nSPS) is 14.5. The minimum Gasteiger partial charge on any atom is -0.493 e. The molecule has 6 nitrogen and oxygen atoms in total. The molecule has 0 aromatic heterocycles. The number of rotatable bonds is 8. The Balaban J connectivity index is 1.45. The first kappa shape index (κ1) is 21.0. The summed E-state index contributed by atoms with van der Waals surface area (Å²) in [5.74, 6) is 1.26. The molecule has 156 valence electrons. The summed E-state index contributed by atoms with van der Waals surface area (Å²) in [4.78, 5) is 14.8. The highest BCUT2D eigenvalue weighted by Crippen LogP contribution is 2.28. The van der Waals surface area contributed by atoms with E-state index in [0.717, 1.165) is 44.6 Å². The summed E-state index contributed by atoms with van der Waals surface area (Å²) in [5, 5.41) is 6.78. The third kappa shape index (κ3) is 5.41. The van der Waals surface area contributed by atoms with Crippen molar-refractivity contribution < 1.29 is 14.3 Å². The second kappa shape index (κ2) is 10.2. The Morgan fingerprint density at radius 3 is 2.34 bits per heavy atom. The molecule has 3 rings (SSSR count). The van der Waals surface area contributed by atoms with E-state index in [1.165, 1.54) is 5.56 Å². The largest absolute Gasteiger partial charge is 0.493 e. The molecule has 6 heteroatoms. The summed E-state index contributed by atoms with van der Waals surface area (Å²) in [6.07, 6.45) is 2.95. The van der Waals surface area contributed by atoms with Gasteiger partial charge < -0.3 is 25.0 Å². The summed E-state index contributed by atoms with van der Waals surface area (Å²) in [6, 6.07) is 14.3. The van der Waals surface area contributed by atoms with Gasteiger partial charge in [-0.25, -0.2) is 0 Å². The third-order valence-corrected chi connectivity index (χ3v) is 5.50. The van der Waals surface area contributed by atoms with Crippen LogP contribution in [0.4, 0.5) is 5.69 Å². The quantitative estimate of drug-likeness (QED) is 0.716. The van der Waals surface area contributed by atoms with Crippen LogP contribution in [0.25, 0.3) is 0 Å². The number of likely N-dealkylation sites (tertiary alicyclic amines) is 1. The first-order chi connectivity index (χ1) is 14.1. The van der Waals surface area contributed by atoms with Crippen LogP contribution in [0.5, 0.6) is 11.5 Å². The van der Waals surface area contributed by atoms with Gasteiger partial charge in [0.15, 0.2) is 11.5 Å². The standard InChI is InChI=1S/C23H31N3O3/c1-24-19-7-4-17(5-8-19)10-13-25-20-11-14-26(15-12-20)23(27)18-6-9-21(28-2)22(16-18)29-3/h4-9,16,20,24-25H,10-15H2,1-3H3. The van der Waals surface area contributed by atoms with Crippen molar-refractivity contribution in [3.8, 4) is 11.5 Å². The lowest BCUT2D eigenvalue weighted by Crippen LogP contribution is -2.45. The van der Waals surface area contributed by atoms with Crippen molar-refractivity contribution in [2.24, 2.45) is 0 Å². The number of nitrogens with one attached hydrogen (secondary N) is 2. The van der Waals surface area contributed by atoms with Crippen molar-refractivity contribution in [1.82, 2.24) is 10.2 Å². The van der Waals surface area contributed by atoms with Crippen molar-refractivity contribution in [1.29, 1.82) is 0 Å². The number of carbonyl (C=O) groups excluding carboxylic acids is 1. The maximum absolute atomic E-state index is 12.8. The van der Waals surface area contributed by atoms with Crippen molar-refractivity contribution in [2.45, 2.75) is 25.3 Å². The lowest BCUT2D eigenvalue weighted by Gasteiger charge is -2.32. The molecule has 2 aromatic rings. The predicted octanol–water partition coefficient (Wildman–Crippen LogP) is 3.18. The molecule has 29 heavy (non-hydrogen) atoms. The van der Waals surface area contributed by atoms with Crippen molar-refractivity contribution in [2.75, 3.05) is 46.2 Å². The molecule has 0 aliphatic carbocycles. The molecule has 1 aliphatic rings. The van der Waals surface area contributed by atoms with Crippen LogP contribution in [0.2, 0.25) is 0 Å². The highest BCUT2D eigenvalue weighted by Gasteiger charge is 2.24. The van der Waals surface area contributed by atoms with Crippen LogP contribution in [-0.4, -0.2) is 57.8 Å². The molecule has 1 fully saturated rings. The number of hydrogen-bond donors (Lipinski definition) is 2. The molecular formula is C23H31N3O3. The monoisotopic (exact) mass is 397 g/mol. The lowest BCUT2D eigenvalue weighted by atomic mass is 10.0. The Labute approximate surface area is 173 Å². The number of nitrogens with zero attached hydrogens (tertiary/aromatic N) is 1. The van der Waals surface area contributed by atoms with Gasteiger partial charge in [-0.3, -0.25) is 4.79 Å². The molecule has 1 amide bonds. The van der Waals surface area contributed by atoms with Crippen LogP contribution in [0, 0.1) is 0 Å². The van der Waals surface area contributed by atoms with E-state index in [1.54, 1.807) is 32.4 Å². The Morgan fingerprint density at radius 2 is 1.72 bits per heavy atom. The van der Waals surface area contributed by atoms with Crippen LogP contribution in [0.1, 0.15) is 28.8 Å².